The fraction of sp³-hybridized carbons (Fsp3) is 0.538. The fourth-order valence-electron chi connectivity index (χ4n) is 2.40. The summed E-state index contributed by atoms with van der Waals surface area (Å²) in [5.74, 6) is -0.960. The summed E-state index contributed by atoms with van der Waals surface area (Å²) in [6.07, 6.45) is 1.83. The van der Waals surface area contributed by atoms with Crippen LogP contribution >= 0.6 is 0 Å². The fourth-order valence-corrected chi connectivity index (χ4v) is 2.40. The molecule has 0 aromatic carbocycles. The summed E-state index contributed by atoms with van der Waals surface area (Å²) < 4.78 is 18.4. The van der Waals surface area contributed by atoms with Gasteiger partial charge in [-0.1, -0.05) is 13.8 Å². The van der Waals surface area contributed by atoms with E-state index in [2.05, 4.69) is 10.3 Å². The number of nitrogens with one attached hydrogen (secondary N) is 1. The number of carbonyl (C=O) groups is 1. The van der Waals surface area contributed by atoms with Crippen LogP contribution in [0.2, 0.25) is 0 Å². The quantitative estimate of drug-likeness (QED) is 0.866. The number of rotatable bonds is 3. The molecule has 0 aliphatic heterocycles. The molecule has 19 heavy (non-hydrogen) atoms. The number of nitrogens with zero attached hydrogens (tertiary/aromatic N) is 1. The van der Waals surface area contributed by atoms with Gasteiger partial charge in [-0.2, -0.15) is 0 Å². The molecule has 1 amide bonds. The van der Waals surface area contributed by atoms with Crippen LogP contribution in [0.25, 0.3) is 0 Å². The number of ether oxygens (including phenoxy) is 1. The zero-order chi connectivity index (χ0) is 14.2. The lowest BCUT2D eigenvalue weighted by atomic mass is 9.64. The van der Waals surface area contributed by atoms with Crippen molar-refractivity contribution in [2.24, 2.45) is 5.41 Å². The summed E-state index contributed by atoms with van der Waals surface area (Å²) in [7, 11) is 1.65. The Bertz CT molecular complexity index is 505. The lowest BCUT2D eigenvalue weighted by molar-refractivity contribution is -0.0942. The van der Waals surface area contributed by atoms with Crippen LogP contribution in [0.5, 0.6) is 0 Å². The van der Waals surface area contributed by atoms with Crippen LogP contribution in [-0.4, -0.2) is 30.1 Å². The first-order valence-electron chi connectivity index (χ1n) is 6.11. The van der Waals surface area contributed by atoms with Crippen LogP contribution in [0, 0.1) is 11.2 Å². The molecule has 0 saturated heterocycles. The maximum atomic E-state index is 13.1. The molecule has 0 spiro atoms. The van der Waals surface area contributed by atoms with Gasteiger partial charge in [0.05, 0.1) is 17.9 Å². The first-order valence-corrected chi connectivity index (χ1v) is 6.11. The van der Waals surface area contributed by atoms with Crippen molar-refractivity contribution in [1.82, 2.24) is 10.3 Å². The molecule has 2 rings (SSSR count). The van der Waals surface area contributed by atoms with Gasteiger partial charge in [-0.3, -0.25) is 4.79 Å². The Kier molecular flexibility index (Phi) is 3.45. The smallest absolute Gasteiger partial charge is 0.255 e. The Morgan fingerprint density at radius 3 is 2.89 bits per heavy atom. The highest BCUT2D eigenvalue weighted by molar-refractivity contribution is 5.98. The van der Waals surface area contributed by atoms with Gasteiger partial charge in [-0.15, -0.1) is 0 Å². The Morgan fingerprint density at radius 2 is 2.32 bits per heavy atom. The highest BCUT2D eigenvalue weighted by Gasteiger charge is 2.49. The predicted octanol–water partition coefficient (Wildman–Crippen LogP) is 1.35. The van der Waals surface area contributed by atoms with Crippen LogP contribution in [-0.2, 0) is 4.74 Å². The number of pyridine rings is 1. The van der Waals surface area contributed by atoms with E-state index in [9.17, 15) is 9.18 Å². The van der Waals surface area contributed by atoms with Gasteiger partial charge in [0.1, 0.15) is 11.6 Å². The van der Waals surface area contributed by atoms with Crippen molar-refractivity contribution < 1.29 is 13.9 Å². The molecule has 1 saturated carbocycles. The lowest BCUT2D eigenvalue weighted by Crippen LogP contribution is -2.61. The van der Waals surface area contributed by atoms with Crippen LogP contribution in [0.15, 0.2) is 12.3 Å². The SMILES string of the molecule is COC1CC(NC(=O)c2cc(F)cnc2N)C1(C)C. The van der Waals surface area contributed by atoms with E-state index >= 15 is 0 Å². The van der Waals surface area contributed by atoms with Crippen LogP contribution in [0.3, 0.4) is 0 Å². The Labute approximate surface area is 111 Å². The van der Waals surface area contributed by atoms with Crippen LogP contribution < -0.4 is 11.1 Å². The van der Waals surface area contributed by atoms with Crippen LogP contribution in [0.4, 0.5) is 10.2 Å². The Morgan fingerprint density at radius 1 is 1.63 bits per heavy atom. The van der Waals surface area contributed by atoms with E-state index in [1.54, 1.807) is 7.11 Å². The first kappa shape index (κ1) is 13.7. The molecule has 2 atom stereocenters. The third kappa shape index (κ3) is 2.40. The number of amides is 1. The van der Waals surface area contributed by atoms with E-state index in [0.29, 0.717) is 0 Å². The zero-order valence-corrected chi connectivity index (χ0v) is 11.2. The van der Waals surface area contributed by atoms with Gasteiger partial charge in [0.25, 0.3) is 5.91 Å². The molecule has 1 aliphatic rings. The van der Waals surface area contributed by atoms with Crippen molar-refractivity contribution in [3.05, 3.63) is 23.6 Å². The number of anilines is 1. The summed E-state index contributed by atoms with van der Waals surface area (Å²) in [6, 6.07) is 1.07. The highest BCUT2D eigenvalue weighted by Crippen LogP contribution is 2.42. The molecule has 0 radical (unpaired) electrons. The number of carbonyl (C=O) groups excluding carboxylic acids is 1. The van der Waals surface area contributed by atoms with Gasteiger partial charge in [-0.05, 0) is 12.5 Å². The maximum absolute atomic E-state index is 13.1. The molecular formula is C13H18FN3O2. The standard InChI is InChI=1S/C13H18FN3O2/c1-13(2)9(5-10(13)19-3)17-12(18)8-4-7(14)6-16-11(8)15/h4,6,9-10H,5H2,1-3H3,(H2,15,16)(H,17,18). The minimum absolute atomic E-state index is 0.0207. The second kappa shape index (κ2) is 4.77. The van der Waals surface area contributed by atoms with E-state index in [4.69, 9.17) is 10.5 Å². The van der Waals surface area contributed by atoms with E-state index in [1.165, 1.54) is 0 Å². The molecule has 1 aromatic rings. The van der Waals surface area contributed by atoms with Gasteiger partial charge in [0.2, 0.25) is 0 Å². The summed E-state index contributed by atoms with van der Waals surface area (Å²) in [5, 5.41) is 2.85. The van der Waals surface area contributed by atoms with E-state index in [0.717, 1.165) is 18.7 Å². The summed E-state index contributed by atoms with van der Waals surface area (Å²) in [6.45, 7) is 4.03. The molecule has 1 fully saturated rings. The number of aromatic nitrogens is 1. The van der Waals surface area contributed by atoms with Gasteiger partial charge in [0, 0.05) is 18.6 Å². The second-order valence-electron chi connectivity index (χ2n) is 5.39. The average molecular weight is 267 g/mol. The number of hydrogen-bond acceptors (Lipinski definition) is 4. The summed E-state index contributed by atoms with van der Waals surface area (Å²) >= 11 is 0. The number of nitrogen functional groups attached to an aromatic ring is 1. The number of hydrogen-bond donors (Lipinski definition) is 2. The molecule has 104 valence electrons. The van der Waals surface area contributed by atoms with Crippen molar-refractivity contribution in [2.75, 3.05) is 12.8 Å². The molecule has 1 aromatic heterocycles. The molecular weight excluding hydrogens is 249 g/mol. The monoisotopic (exact) mass is 267 g/mol. The topological polar surface area (TPSA) is 77.2 Å². The van der Waals surface area contributed by atoms with Gasteiger partial charge in [0.15, 0.2) is 0 Å². The zero-order valence-electron chi connectivity index (χ0n) is 11.2. The number of nitrogens with two attached hydrogens (primary N) is 1. The third-order valence-corrected chi connectivity index (χ3v) is 3.90. The molecule has 0 bridgehead atoms. The van der Waals surface area contributed by atoms with E-state index < -0.39 is 11.7 Å². The maximum Gasteiger partial charge on any atom is 0.255 e. The van der Waals surface area contributed by atoms with Gasteiger partial charge < -0.3 is 15.8 Å². The number of halogens is 1. The lowest BCUT2D eigenvalue weighted by Gasteiger charge is -2.51. The van der Waals surface area contributed by atoms with Crippen molar-refractivity contribution in [3.63, 3.8) is 0 Å². The Hall–Kier alpha value is -1.69. The molecule has 1 aliphatic carbocycles. The molecule has 3 N–H and O–H groups in total. The molecule has 1 heterocycles. The average Bonchev–Trinajstić information content (AvgIpc) is 2.36. The van der Waals surface area contributed by atoms with Crippen molar-refractivity contribution in [3.8, 4) is 0 Å². The first-order chi connectivity index (χ1) is 8.86. The minimum atomic E-state index is -0.581. The van der Waals surface area contributed by atoms with E-state index in [-0.39, 0.29) is 28.9 Å². The van der Waals surface area contributed by atoms with Crippen molar-refractivity contribution in [2.45, 2.75) is 32.4 Å². The Balaban J connectivity index is 2.09. The van der Waals surface area contributed by atoms with E-state index in [1.807, 2.05) is 13.8 Å². The van der Waals surface area contributed by atoms with Crippen molar-refractivity contribution in [1.29, 1.82) is 0 Å². The largest absolute Gasteiger partial charge is 0.383 e. The molecule has 2 unspecified atom stereocenters. The third-order valence-electron chi connectivity index (χ3n) is 3.90. The minimum Gasteiger partial charge on any atom is -0.383 e. The predicted molar refractivity (Wildman–Crippen MR) is 69.1 cm³/mol. The molecule has 6 heteroatoms. The summed E-state index contributed by atoms with van der Waals surface area (Å²) in [5.41, 5.74) is 5.50. The van der Waals surface area contributed by atoms with Gasteiger partial charge >= 0.3 is 0 Å². The van der Waals surface area contributed by atoms with Gasteiger partial charge in [-0.25, -0.2) is 9.37 Å². The number of methoxy groups -OCH3 is 1. The highest BCUT2D eigenvalue weighted by atomic mass is 19.1. The normalized spacial score (nSPS) is 24.6. The van der Waals surface area contributed by atoms with Crippen LogP contribution in [0.1, 0.15) is 30.6 Å². The summed E-state index contributed by atoms with van der Waals surface area (Å²) in [4.78, 5) is 15.7. The van der Waals surface area contributed by atoms with Crippen molar-refractivity contribution >= 4 is 11.7 Å². The molecule has 5 nitrogen and oxygen atoms in total. The second-order valence-corrected chi connectivity index (χ2v) is 5.39.